The van der Waals surface area contributed by atoms with Gasteiger partial charge in [0.2, 0.25) is 5.78 Å². The Morgan fingerprint density at radius 2 is 1.82 bits per heavy atom. The number of quaternary nitrogens is 1. The summed E-state index contributed by atoms with van der Waals surface area (Å²) in [5, 5.41) is 14.1. The Morgan fingerprint density at radius 1 is 1.09 bits per heavy atom. The zero-order valence-corrected chi connectivity index (χ0v) is 20.2. The quantitative estimate of drug-likeness (QED) is 0.350. The number of nitrogens with zero attached hydrogens (tertiary/aromatic N) is 1. The molecule has 2 heterocycles. The van der Waals surface area contributed by atoms with Crippen LogP contribution >= 0.6 is 11.6 Å². The molecule has 0 saturated carbocycles. The molecular formula is C26H29ClN2O5. The molecule has 0 bridgehead atoms. The van der Waals surface area contributed by atoms with Crippen molar-refractivity contribution in [2.75, 3.05) is 39.4 Å². The van der Waals surface area contributed by atoms with Gasteiger partial charge in [-0.1, -0.05) is 35.6 Å². The maximum atomic E-state index is 13.6. The third-order valence-corrected chi connectivity index (χ3v) is 6.66. The van der Waals surface area contributed by atoms with Crippen LogP contribution in [0.3, 0.4) is 0 Å². The van der Waals surface area contributed by atoms with Crippen molar-refractivity contribution >= 4 is 29.1 Å². The molecule has 1 amide bonds. The third-order valence-electron chi connectivity index (χ3n) is 6.43. The van der Waals surface area contributed by atoms with Crippen molar-refractivity contribution < 1.29 is 29.1 Å². The fourth-order valence-electron chi connectivity index (χ4n) is 4.57. The van der Waals surface area contributed by atoms with Crippen LogP contribution in [-0.2, 0) is 9.59 Å². The number of carbonyl (C=O) groups excluding carboxylic acids is 2. The minimum atomic E-state index is -0.786. The summed E-state index contributed by atoms with van der Waals surface area (Å²) >= 11 is 6.23. The van der Waals surface area contributed by atoms with Crippen LogP contribution < -0.4 is 19.5 Å². The summed E-state index contributed by atoms with van der Waals surface area (Å²) in [5.41, 5.74) is 0.865. The molecular weight excluding hydrogens is 456 g/mol. The van der Waals surface area contributed by atoms with E-state index in [1.165, 1.54) is 9.80 Å². The minimum Gasteiger partial charge on any atom is -0.872 e. The second kappa shape index (κ2) is 10.5. The number of hydrogen-bond acceptors (Lipinski definition) is 5. The number of carbonyl (C=O) groups is 2. The van der Waals surface area contributed by atoms with Crippen LogP contribution in [0.1, 0.15) is 37.4 Å². The van der Waals surface area contributed by atoms with Crippen LogP contribution in [0.2, 0.25) is 5.02 Å². The first-order valence-corrected chi connectivity index (χ1v) is 12.1. The van der Waals surface area contributed by atoms with Gasteiger partial charge in [-0.3, -0.25) is 9.59 Å². The first-order chi connectivity index (χ1) is 16.4. The fourth-order valence-corrected chi connectivity index (χ4v) is 4.77. The second-order valence-electron chi connectivity index (χ2n) is 8.45. The van der Waals surface area contributed by atoms with Gasteiger partial charge in [0.15, 0.2) is 11.5 Å². The van der Waals surface area contributed by atoms with Crippen molar-refractivity contribution in [2.24, 2.45) is 0 Å². The van der Waals surface area contributed by atoms with Crippen molar-refractivity contribution in [2.45, 2.75) is 26.3 Å². The lowest BCUT2D eigenvalue weighted by Gasteiger charge is -2.28. The van der Waals surface area contributed by atoms with E-state index in [0.717, 1.165) is 26.1 Å². The van der Waals surface area contributed by atoms with Gasteiger partial charge in [-0.2, -0.15) is 0 Å². The summed E-state index contributed by atoms with van der Waals surface area (Å²) in [4.78, 5) is 29.2. The molecule has 2 aliphatic heterocycles. The van der Waals surface area contributed by atoms with Crippen LogP contribution in [0.5, 0.6) is 11.5 Å². The van der Waals surface area contributed by atoms with E-state index in [2.05, 4.69) is 13.8 Å². The highest BCUT2D eigenvalue weighted by atomic mass is 35.5. The molecule has 0 spiro atoms. The number of fused-ring (bicyclic) bond motifs is 1. The highest BCUT2D eigenvalue weighted by Gasteiger charge is 2.44. The minimum absolute atomic E-state index is 0.0564. The lowest BCUT2D eigenvalue weighted by molar-refractivity contribution is -0.896. The van der Waals surface area contributed by atoms with Crippen molar-refractivity contribution in [1.82, 2.24) is 4.90 Å². The Morgan fingerprint density at radius 3 is 2.53 bits per heavy atom. The molecule has 34 heavy (non-hydrogen) atoms. The lowest BCUT2D eigenvalue weighted by Crippen LogP contribution is -3.11. The van der Waals surface area contributed by atoms with Gasteiger partial charge in [0, 0.05) is 23.6 Å². The Kier molecular flexibility index (Phi) is 7.44. The van der Waals surface area contributed by atoms with Crippen molar-refractivity contribution in [3.8, 4) is 11.5 Å². The van der Waals surface area contributed by atoms with Gasteiger partial charge in [0.1, 0.15) is 13.2 Å². The number of benzene rings is 2. The Hall–Kier alpha value is -3.03. The van der Waals surface area contributed by atoms with Crippen molar-refractivity contribution in [3.05, 3.63) is 64.2 Å². The number of Topliss-reactive ketones (excluding diaryl/α,β-unsaturated/α-hetero) is 1. The highest BCUT2D eigenvalue weighted by molar-refractivity contribution is 6.46. The largest absolute Gasteiger partial charge is 0.872 e. The number of nitrogens with one attached hydrogen (secondary N) is 1. The molecule has 1 unspecified atom stereocenters. The number of hydrogen-bond donors (Lipinski definition) is 1. The molecule has 0 aliphatic carbocycles. The van der Waals surface area contributed by atoms with Gasteiger partial charge in [0.25, 0.3) is 5.91 Å². The summed E-state index contributed by atoms with van der Waals surface area (Å²) < 4.78 is 11.1. The normalized spacial score (nSPS) is 19.2. The molecule has 2 aromatic carbocycles. The van der Waals surface area contributed by atoms with Crippen LogP contribution in [-0.4, -0.2) is 56.0 Å². The molecule has 1 fully saturated rings. The molecule has 1 atom stereocenters. The molecule has 1 N–H and O–H groups in total. The van der Waals surface area contributed by atoms with E-state index in [1.54, 1.807) is 42.5 Å². The van der Waals surface area contributed by atoms with Gasteiger partial charge in [-0.15, -0.1) is 0 Å². The molecule has 2 aromatic rings. The summed E-state index contributed by atoms with van der Waals surface area (Å²) in [6.45, 7) is 8.29. The number of rotatable bonds is 8. The second-order valence-corrected chi connectivity index (χ2v) is 8.88. The Bertz CT molecular complexity index is 1110. The van der Waals surface area contributed by atoms with E-state index >= 15 is 0 Å². The third kappa shape index (κ3) is 4.76. The predicted octanol–water partition coefficient (Wildman–Crippen LogP) is 1.65. The summed E-state index contributed by atoms with van der Waals surface area (Å²) in [5.74, 6) is -0.904. The van der Waals surface area contributed by atoms with E-state index in [1.807, 2.05) is 0 Å². The maximum absolute atomic E-state index is 13.6. The van der Waals surface area contributed by atoms with Gasteiger partial charge in [0.05, 0.1) is 25.7 Å². The maximum Gasteiger partial charge on any atom is 0.295 e. The van der Waals surface area contributed by atoms with Crippen LogP contribution in [0.15, 0.2) is 48.0 Å². The van der Waals surface area contributed by atoms with E-state index in [0.29, 0.717) is 41.8 Å². The Labute approximate surface area is 204 Å². The molecule has 4 rings (SSSR count). The van der Waals surface area contributed by atoms with Gasteiger partial charge < -0.3 is 24.4 Å². The number of amides is 1. The van der Waals surface area contributed by atoms with E-state index in [4.69, 9.17) is 21.1 Å². The van der Waals surface area contributed by atoms with Gasteiger partial charge in [-0.05, 0) is 49.2 Å². The molecule has 1 saturated heterocycles. The highest BCUT2D eigenvalue weighted by Crippen LogP contribution is 2.40. The molecule has 8 heteroatoms. The molecule has 0 radical (unpaired) electrons. The molecule has 7 nitrogen and oxygen atoms in total. The molecule has 0 aromatic heterocycles. The average molecular weight is 485 g/mol. The number of ether oxygens (including phenoxy) is 2. The lowest BCUT2D eigenvalue weighted by atomic mass is 9.95. The topological polar surface area (TPSA) is 83.3 Å². The summed E-state index contributed by atoms with van der Waals surface area (Å²) in [6.07, 6.45) is 0.721. The first kappa shape index (κ1) is 24.1. The van der Waals surface area contributed by atoms with Gasteiger partial charge >= 0.3 is 0 Å². The number of halogens is 1. The number of ketones is 1. The first-order valence-electron chi connectivity index (χ1n) is 11.7. The van der Waals surface area contributed by atoms with E-state index in [-0.39, 0.29) is 11.1 Å². The average Bonchev–Trinajstić information content (AvgIpc) is 3.11. The fraction of sp³-hybridized carbons (Fsp3) is 0.385. The SMILES string of the molecule is CC[NH+](CC)CCCN1C(=O)C(=O)/C(=C(/[O-])c2ccc3c(c2)OCCO3)C1c1cccc(Cl)c1. The monoisotopic (exact) mass is 484 g/mol. The van der Waals surface area contributed by atoms with E-state index < -0.39 is 23.5 Å². The van der Waals surface area contributed by atoms with Crippen molar-refractivity contribution in [1.29, 1.82) is 0 Å². The summed E-state index contributed by atoms with van der Waals surface area (Å²) in [7, 11) is 0. The Balaban J connectivity index is 1.73. The predicted molar refractivity (Wildman–Crippen MR) is 127 cm³/mol. The van der Waals surface area contributed by atoms with Crippen molar-refractivity contribution in [3.63, 3.8) is 0 Å². The van der Waals surface area contributed by atoms with Crippen LogP contribution in [0, 0.1) is 0 Å². The zero-order chi connectivity index (χ0) is 24.2. The molecule has 2 aliphatic rings. The summed E-state index contributed by atoms with van der Waals surface area (Å²) in [6, 6.07) is 11.0. The molecule has 180 valence electrons. The van der Waals surface area contributed by atoms with Crippen LogP contribution in [0.4, 0.5) is 0 Å². The number of likely N-dealkylation sites (tertiary alicyclic amines) is 1. The standard InChI is InChI=1S/C26H29ClN2O5/c1-3-28(4-2)11-6-12-29-23(17-7-5-8-19(27)15-17)22(25(31)26(29)32)24(30)18-9-10-20-21(16-18)34-14-13-33-20/h5,7-10,15-16,23,30H,3-4,6,11-14H2,1-2H3/b24-22+. The smallest absolute Gasteiger partial charge is 0.295 e. The van der Waals surface area contributed by atoms with Gasteiger partial charge in [-0.25, -0.2) is 0 Å². The van der Waals surface area contributed by atoms with Crippen LogP contribution in [0.25, 0.3) is 5.76 Å². The zero-order valence-electron chi connectivity index (χ0n) is 19.4. The van der Waals surface area contributed by atoms with E-state index in [9.17, 15) is 14.7 Å².